The molecule has 0 saturated heterocycles. The molecule has 0 aromatic heterocycles. The second-order valence-electron chi connectivity index (χ2n) is 3.74. The van der Waals surface area contributed by atoms with Gasteiger partial charge in [-0.1, -0.05) is 6.07 Å². The van der Waals surface area contributed by atoms with Crippen LogP contribution in [0.4, 0.5) is 5.69 Å². The molecule has 1 heterocycles. The van der Waals surface area contributed by atoms with Crippen LogP contribution in [0, 0.1) is 6.92 Å². The van der Waals surface area contributed by atoms with Crippen molar-refractivity contribution in [3.05, 3.63) is 28.8 Å². The van der Waals surface area contributed by atoms with Crippen LogP contribution in [0.15, 0.2) is 12.1 Å². The lowest BCUT2D eigenvalue weighted by Crippen LogP contribution is -2.17. The minimum Gasteiger partial charge on any atom is -0.465 e. The van der Waals surface area contributed by atoms with E-state index in [0.717, 1.165) is 23.4 Å². The first-order chi connectivity index (χ1) is 7.13. The van der Waals surface area contributed by atoms with E-state index in [-0.39, 0.29) is 5.97 Å². The largest absolute Gasteiger partial charge is 0.465 e. The molecule has 1 aliphatic heterocycles. The Morgan fingerprint density at radius 1 is 1.53 bits per heavy atom. The van der Waals surface area contributed by atoms with E-state index in [1.807, 2.05) is 31.1 Å². The van der Waals surface area contributed by atoms with Crippen molar-refractivity contribution < 1.29 is 9.53 Å². The summed E-state index contributed by atoms with van der Waals surface area (Å²) < 4.78 is 4.75. The van der Waals surface area contributed by atoms with E-state index in [2.05, 4.69) is 5.43 Å². The molecule has 0 saturated carbocycles. The van der Waals surface area contributed by atoms with Crippen LogP contribution in [0.1, 0.15) is 21.5 Å². The molecule has 1 aliphatic rings. The molecule has 0 bridgehead atoms. The summed E-state index contributed by atoms with van der Waals surface area (Å²) in [5.41, 5.74) is 7.05. The van der Waals surface area contributed by atoms with Crippen LogP contribution < -0.4 is 5.43 Å². The molecular weight excluding hydrogens is 192 g/mol. The highest BCUT2D eigenvalue weighted by Crippen LogP contribution is 2.31. The molecule has 0 amide bonds. The van der Waals surface area contributed by atoms with E-state index in [4.69, 9.17) is 4.74 Å². The Labute approximate surface area is 88.8 Å². The lowest BCUT2D eigenvalue weighted by molar-refractivity contribution is 0.0599. The summed E-state index contributed by atoms with van der Waals surface area (Å²) in [7, 11) is 3.35. The fourth-order valence-corrected chi connectivity index (χ4v) is 1.85. The number of ether oxygens (including phenoxy) is 1. The number of methoxy groups -OCH3 is 1. The van der Waals surface area contributed by atoms with E-state index >= 15 is 0 Å². The van der Waals surface area contributed by atoms with Gasteiger partial charge in [0.25, 0.3) is 0 Å². The number of esters is 1. The van der Waals surface area contributed by atoms with Crippen LogP contribution in [0.3, 0.4) is 0 Å². The van der Waals surface area contributed by atoms with Gasteiger partial charge in [0.1, 0.15) is 0 Å². The number of carbonyl (C=O) groups excluding carboxylic acids is 1. The van der Waals surface area contributed by atoms with Gasteiger partial charge in [-0.05, 0) is 18.6 Å². The zero-order chi connectivity index (χ0) is 11.0. The van der Waals surface area contributed by atoms with Gasteiger partial charge in [0.05, 0.1) is 18.4 Å². The average Bonchev–Trinajstić information content (AvgIpc) is 2.60. The Hall–Kier alpha value is -1.55. The minimum atomic E-state index is -0.275. The molecule has 4 nitrogen and oxygen atoms in total. The molecule has 4 heteroatoms. The molecule has 0 spiro atoms. The fraction of sp³-hybridized carbons (Fsp3) is 0.364. The predicted molar refractivity (Wildman–Crippen MR) is 57.6 cm³/mol. The number of nitrogens with one attached hydrogen (secondary N) is 1. The molecule has 0 radical (unpaired) electrons. The van der Waals surface area contributed by atoms with Crippen molar-refractivity contribution in [2.24, 2.45) is 0 Å². The van der Waals surface area contributed by atoms with E-state index in [1.165, 1.54) is 7.11 Å². The normalized spacial score (nSPS) is 14.6. The van der Waals surface area contributed by atoms with E-state index < -0.39 is 0 Å². The molecule has 0 aliphatic carbocycles. The second kappa shape index (κ2) is 3.55. The number of hydrogen-bond donors (Lipinski definition) is 1. The summed E-state index contributed by atoms with van der Waals surface area (Å²) in [5.74, 6) is -0.275. The van der Waals surface area contributed by atoms with Gasteiger partial charge < -0.3 is 10.2 Å². The van der Waals surface area contributed by atoms with E-state index in [1.54, 1.807) is 0 Å². The standard InChI is InChI=1S/C11H14N2O2/c1-7-4-5-8(11(14)15-3)9-6-13(2)12-10(7)9/h4-5,12H,6H2,1-3H3. The van der Waals surface area contributed by atoms with Gasteiger partial charge in [-0.15, -0.1) is 0 Å². The van der Waals surface area contributed by atoms with Crippen LogP contribution in [0.25, 0.3) is 0 Å². The summed E-state index contributed by atoms with van der Waals surface area (Å²) >= 11 is 0. The number of anilines is 1. The van der Waals surface area contributed by atoms with Gasteiger partial charge in [0.2, 0.25) is 0 Å². The molecule has 1 aromatic carbocycles. The minimum absolute atomic E-state index is 0.275. The van der Waals surface area contributed by atoms with Crippen molar-refractivity contribution >= 4 is 11.7 Å². The highest BCUT2D eigenvalue weighted by atomic mass is 16.5. The maximum Gasteiger partial charge on any atom is 0.338 e. The third-order valence-corrected chi connectivity index (χ3v) is 2.62. The van der Waals surface area contributed by atoms with Crippen molar-refractivity contribution in [2.45, 2.75) is 13.5 Å². The van der Waals surface area contributed by atoms with Crippen molar-refractivity contribution in [1.29, 1.82) is 0 Å². The van der Waals surface area contributed by atoms with Crippen LogP contribution in [-0.4, -0.2) is 25.1 Å². The maximum atomic E-state index is 11.5. The lowest BCUT2D eigenvalue weighted by Gasteiger charge is -2.08. The highest BCUT2D eigenvalue weighted by molar-refractivity contribution is 5.93. The summed E-state index contributed by atoms with van der Waals surface area (Å²) in [5, 5.41) is 1.95. The number of hydrogen-bond acceptors (Lipinski definition) is 4. The molecule has 0 fully saturated rings. The van der Waals surface area contributed by atoms with E-state index in [0.29, 0.717) is 5.56 Å². The third kappa shape index (κ3) is 1.57. The fourth-order valence-electron chi connectivity index (χ4n) is 1.85. The number of hydrazine groups is 1. The average molecular weight is 206 g/mol. The maximum absolute atomic E-state index is 11.5. The third-order valence-electron chi connectivity index (χ3n) is 2.62. The van der Waals surface area contributed by atoms with Gasteiger partial charge >= 0.3 is 5.97 Å². The Bertz CT molecular complexity index is 415. The van der Waals surface area contributed by atoms with Gasteiger partial charge in [0.15, 0.2) is 0 Å². The van der Waals surface area contributed by atoms with Gasteiger partial charge in [-0.3, -0.25) is 0 Å². The molecule has 15 heavy (non-hydrogen) atoms. The lowest BCUT2D eigenvalue weighted by atomic mass is 10.0. The smallest absolute Gasteiger partial charge is 0.338 e. The molecule has 1 aromatic rings. The molecule has 0 atom stereocenters. The van der Waals surface area contributed by atoms with Crippen LogP contribution in [0.2, 0.25) is 0 Å². The monoisotopic (exact) mass is 206 g/mol. The molecule has 2 rings (SSSR count). The number of benzene rings is 1. The Morgan fingerprint density at radius 3 is 2.93 bits per heavy atom. The van der Waals surface area contributed by atoms with Crippen molar-refractivity contribution in [3.63, 3.8) is 0 Å². The van der Waals surface area contributed by atoms with Crippen molar-refractivity contribution in [2.75, 3.05) is 19.6 Å². The number of nitrogens with zero attached hydrogens (tertiary/aromatic N) is 1. The number of carbonyl (C=O) groups is 1. The number of rotatable bonds is 1. The first kappa shape index (κ1) is 9.98. The number of fused-ring (bicyclic) bond motifs is 1. The first-order valence-corrected chi connectivity index (χ1v) is 4.82. The molecular formula is C11H14N2O2. The van der Waals surface area contributed by atoms with Crippen LogP contribution in [0.5, 0.6) is 0 Å². The Kier molecular flexibility index (Phi) is 2.36. The van der Waals surface area contributed by atoms with Crippen molar-refractivity contribution in [3.8, 4) is 0 Å². The molecule has 80 valence electrons. The Balaban J connectivity index is 2.52. The van der Waals surface area contributed by atoms with E-state index in [9.17, 15) is 4.79 Å². The first-order valence-electron chi connectivity index (χ1n) is 4.82. The summed E-state index contributed by atoms with van der Waals surface area (Å²) in [6.45, 7) is 2.74. The SMILES string of the molecule is COC(=O)c1ccc(C)c2c1CN(C)N2. The van der Waals surface area contributed by atoms with Gasteiger partial charge in [-0.2, -0.15) is 0 Å². The Morgan fingerprint density at radius 2 is 2.27 bits per heavy atom. The highest BCUT2D eigenvalue weighted by Gasteiger charge is 2.23. The van der Waals surface area contributed by atoms with Gasteiger partial charge in [-0.25, -0.2) is 9.80 Å². The van der Waals surface area contributed by atoms with Crippen molar-refractivity contribution in [1.82, 2.24) is 5.01 Å². The topological polar surface area (TPSA) is 41.6 Å². The van der Waals surface area contributed by atoms with Gasteiger partial charge in [0, 0.05) is 19.2 Å². The summed E-state index contributed by atoms with van der Waals surface area (Å²) in [6.07, 6.45) is 0. The second-order valence-corrected chi connectivity index (χ2v) is 3.74. The summed E-state index contributed by atoms with van der Waals surface area (Å²) in [4.78, 5) is 11.5. The zero-order valence-corrected chi connectivity index (χ0v) is 9.13. The quantitative estimate of drug-likeness (QED) is 0.708. The van der Waals surface area contributed by atoms with Crippen LogP contribution >= 0.6 is 0 Å². The predicted octanol–water partition coefficient (Wildman–Crippen LogP) is 1.55. The van der Waals surface area contributed by atoms with Crippen LogP contribution in [-0.2, 0) is 11.3 Å². The number of aryl methyl sites for hydroxylation is 1. The molecule has 1 N–H and O–H groups in total. The summed E-state index contributed by atoms with van der Waals surface area (Å²) in [6, 6.07) is 3.75. The zero-order valence-electron chi connectivity index (χ0n) is 9.13. The molecule has 0 unspecified atom stereocenters.